The number of hydrogen-bond donors (Lipinski definition) is 0. The molecule has 9 heteroatoms. The Balaban J connectivity index is 1.91. The maximum atomic E-state index is 5.93. The molecule has 106 valence electrons. The average molecular weight is 321 g/mol. The Kier molecular flexibility index (Phi) is 3.98. The maximum absolute atomic E-state index is 5.93. The Morgan fingerprint density at radius 3 is 2.90 bits per heavy atom. The van der Waals surface area contributed by atoms with Gasteiger partial charge in [0.15, 0.2) is 5.16 Å². The van der Waals surface area contributed by atoms with E-state index in [9.17, 15) is 0 Å². The van der Waals surface area contributed by atoms with Gasteiger partial charge in [0.25, 0.3) is 5.95 Å². The molecule has 0 saturated heterocycles. The van der Waals surface area contributed by atoms with Crippen molar-refractivity contribution in [1.82, 2.24) is 29.7 Å². The molecule has 0 amide bonds. The van der Waals surface area contributed by atoms with E-state index in [-0.39, 0.29) is 5.28 Å². The number of methoxy groups -OCH3 is 1. The van der Waals surface area contributed by atoms with E-state index < -0.39 is 0 Å². The molecule has 0 spiro atoms. The summed E-state index contributed by atoms with van der Waals surface area (Å²) in [6.07, 6.45) is 2.89. The van der Waals surface area contributed by atoms with Gasteiger partial charge in [-0.3, -0.25) is 0 Å². The predicted molar refractivity (Wildman–Crippen MR) is 76.9 cm³/mol. The molecule has 21 heavy (non-hydrogen) atoms. The van der Waals surface area contributed by atoms with Crippen LogP contribution in [0.5, 0.6) is 5.75 Å². The highest BCUT2D eigenvalue weighted by molar-refractivity contribution is 7.99. The zero-order valence-electron chi connectivity index (χ0n) is 10.8. The largest absolute Gasteiger partial charge is 0.497 e. The van der Waals surface area contributed by atoms with Gasteiger partial charge in [-0.15, -0.1) is 0 Å². The fourth-order valence-electron chi connectivity index (χ4n) is 1.55. The molecule has 7 nitrogen and oxygen atoms in total. The van der Waals surface area contributed by atoms with Crippen molar-refractivity contribution in [3.8, 4) is 11.7 Å². The fourth-order valence-corrected chi connectivity index (χ4v) is 2.55. The number of benzene rings is 1. The van der Waals surface area contributed by atoms with Crippen LogP contribution in [0.1, 0.15) is 0 Å². The molecule has 0 aliphatic heterocycles. The zero-order chi connectivity index (χ0) is 14.7. The quantitative estimate of drug-likeness (QED) is 0.729. The van der Waals surface area contributed by atoms with Gasteiger partial charge in [0, 0.05) is 4.90 Å². The first kappa shape index (κ1) is 13.8. The summed E-state index contributed by atoms with van der Waals surface area (Å²) in [4.78, 5) is 17.2. The van der Waals surface area contributed by atoms with Crippen molar-refractivity contribution in [1.29, 1.82) is 0 Å². The van der Waals surface area contributed by atoms with Crippen molar-refractivity contribution in [2.75, 3.05) is 7.11 Å². The predicted octanol–water partition coefficient (Wildman–Crippen LogP) is 2.27. The third-order valence-corrected chi connectivity index (χ3v) is 3.47. The van der Waals surface area contributed by atoms with Crippen LogP contribution >= 0.6 is 23.4 Å². The van der Waals surface area contributed by atoms with E-state index in [2.05, 4.69) is 25.0 Å². The molecular weight excluding hydrogens is 312 g/mol. The topological polar surface area (TPSA) is 78.6 Å². The monoisotopic (exact) mass is 320 g/mol. The van der Waals surface area contributed by atoms with Gasteiger partial charge in [-0.2, -0.15) is 24.7 Å². The van der Waals surface area contributed by atoms with Crippen LogP contribution in [0.25, 0.3) is 5.95 Å². The Bertz CT molecular complexity index is 751. The first-order valence-electron chi connectivity index (χ1n) is 5.83. The second kappa shape index (κ2) is 6.06. The lowest BCUT2D eigenvalue weighted by Gasteiger charge is -2.05. The molecule has 0 unspecified atom stereocenters. The van der Waals surface area contributed by atoms with E-state index in [0.717, 1.165) is 10.6 Å². The normalized spacial score (nSPS) is 10.6. The Morgan fingerprint density at radius 1 is 1.24 bits per heavy atom. The molecule has 0 bridgehead atoms. The molecule has 1 aromatic carbocycles. The number of halogens is 1. The molecule has 0 atom stereocenters. The minimum atomic E-state index is 0.0981. The van der Waals surface area contributed by atoms with Crippen LogP contribution in [0.4, 0.5) is 0 Å². The van der Waals surface area contributed by atoms with Crippen molar-refractivity contribution in [2.24, 2.45) is 0 Å². The fraction of sp³-hybridized carbons (Fsp3) is 0.0833. The van der Waals surface area contributed by atoms with E-state index in [4.69, 9.17) is 16.3 Å². The summed E-state index contributed by atoms with van der Waals surface area (Å²) < 4.78 is 6.60. The highest BCUT2D eigenvalue weighted by Gasteiger charge is 2.09. The summed E-state index contributed by atoms with van der Waals surface area (Å²) >= 11 is 7.28. The molecule has 2 heterocycles. The van der Waals surface area contributed by atoms with Gasteiger partial charge >= 0.3 is 0 Å². The summed E-state index contributed by atoms with van der Waals surface area (Å²) in [7, 11) is 1.62. The third-order valence-electron chi connectivity index (χ3n) is 2.45. The highest BCUT2D eigenvalue weighted by atomic mass is 35.5. The molecule has 3 aromatic rings. The summed E-state index contributed by atoms with van der Waals surface area (Å²) in [5.74, 6) is 1.08. The molecule has 2 aromatic heterocycles. The van der Waals surface area contributed by atoms with E-state index in [0.29, 0.717) is 11.1 Å². The lowest BCUT2D eigenvalue weighted by atomic mass is 10.3. The smallest absolute Gasteiger partial charge is 0.257 e. The maximum Gasteiger partial charge on any atom is 0.257 e. The molecule has 3 rings (SSSR count). The first-order valence-corrected chi connectivity index (χ1v) is 7.02. The minimum absolute atomic E-state index is 0.0981. The van der Waals surface area contributed by atoms with Gasteiger partial charge in [0.2, 0.25) is 5.28 Å². The van der Waals surface area contributed by atoms with Crippen molar-refractivity contribution >= 4 is 23.4 Å². The van der Waals surface area contributed by atoms with Crippen LogP contribution in [0.15, 0.2) is 47.0 Å². The van der Waals surface area contributed by atoms with E-state index in [1.54, 1.807) is 7.11 Å². The standard InChI is InChI=1S/C12H9ClN6OS/c1-20-8-3-2-4-9(5-8)21-12-17-10(13)16-11(18-12)19-7-14-6-15-19/h2-7H,1H3. The van der Waals surface area contributed by atoms with E-state index >= 15 is 0 Å². The summed E-state index contributed by atoms with van der Waals surface area (Å²) in [6.45, 7) is 0. The number of aromatic nitrogens is 6. The highest BCUT2D eigenvalue weighted by Crippen LogP contribution is 2.28. The van der Waals surface area contributed by atoms with Crippen LogP contribution in [0, 0.1) is 0 Å². The van der Waals surface area contributed by atoms with Crippen molar-refractivity contribution in [3.63, 3.8) is 0 Å². The van der Waals surface area contributed by atoms with Crippen LogP contribution in [-0.4, -0.2) is 36.8 Å². The third kappa shape index (κ3) is 3.29. The van der Waals surface area contributed by atoms with Gasteiger partial charge in [-0.25, -0.2) is 4.98 Å². The van der Waals surface area contributed by atoms with Crippen LogP contribution in [-0.2, 0) is 0 Å². The Hall–Kier alpha value is -2.19. The second-order valence-corrected chi connectivity index (χ2v) is 5.19. The molecule has 0 radical (unpaired) electrons. The number of ether oxygens (including phenoxy) is 1. The minimum Gasteiger partial charge on any atom is -0.497 e. The van der Waals surface area contributed by atoms with Crippen LogP contribution in [0.2, 0.25) is 5.28 Å². The van der Waals surface area contributed by atoms with Gasteiger partial charge in [0.1, 0.15) is 18.4 Å². The second-order valence-electron chi connectivity index (χ2n) is 3.81. The van der Waals surface area contributed by atoms with Gasteiger partial charge in [0.05, 0.1) is 7.11 Å². The van der Waals surface area contributed by atoms with E-state index in [1.165, 1.54) is 29.1 Å². The number of rotatable bonds is 4. The molecule has 0 fully saturated rings. The molecule has 0 N–H and O–H groups in total. The SMILES string of the molecule is COc1cccc(Sc2nc(Cl)nc(-n3cncn3)n2)c1. The summed E-state index contributed by atoms with van der Waals surface area (Å²) in [5, 5.41) is 4.53. The number of hydrogen-bond acceptors (Lipinski definition) is 7. The average Bonchev–Trinajstić information content (AvgIpc) is 3.01. The van der Waals surface area contributed by atoms with Gasteiger partial charge in [-0.1, -0.05) is 6.07 Å². The lowest BCUT2D eigenvalue weighted by molar-refractivity contribution is 0.413. The zero-order valence-corrected chi connectivity index (χ0v) is 12.4. The van der Waals surface area contributed by atoms with Crippen LogP contribution in [0.3, 0.4) is 0 Å². The Morgan fingerprint density at radius 2 is 2.14 bits per heavy atom. The molecular formula is C12H9ClN6OS. The van der Waals surface area contributed by atoms with E-state index in [1.807, 2.05) is 24.3 Å². The summed E-state index contributed by atoms with van der Waals surface area (Å²) in [6, 6.07) is 7.57. The summed E-state index contributed by atoms with van der Waals surface area (Å²) in [5.41, 5.74) is 0. The van der Waals surface area contributed by atoms with Gasteiger partial charge in [-0.05, 0) is 41.6 Å². The van der Waals surface area contributed by atoms with Crippen molar-refractivity contribution < 1.29 is 4.74 Å². The molecule has 0 saturated carbocycles. The Labute approximate surface area is 129 Å². The molecule has 0 aliphatic rings. The number of nitrogens with zero attached hydrogens (tertiary/aromatic N) is 6. The van der Waals surface area contributed by atoms with Crippen LogP contribution < -0.4 is 4.74 Å². The van der Waals surface area contributed by atoms with Crippen molar-refractivity contribution in [2.45, 2.75) is 10.1 Å². The van der Waals surface area contributed by atoms with Crippen molar-refractivity contribution in [3.05, 3.63) is 42.2 Å². The lowest BCUT2D eigenvalue weighted by Crippen LogP contribution is -2.04. The first-order chi connectivity index (χ1) is 10.2. The molecule has 0 aliphatic carbocycles. The van der Waals surface area contributed by atoms with Gasteiger partial charge < -0.3 is 4.74 Å².